The highest BCUT2D eigenvalue weighted by molar-refractivity contribution is 8.17. The Hall–Kier alpha value is -2.68. The minimum Gasteiger partial charge on any atom is -0.508 e. The van der Waals surface area contributed by atoms with E-state index in [-0.39, 0.29) is 5.75 Å². The monoisotopic (exact) mass is 391 g/mol. The van der Waals surface area contributed by atoms with Crippen LogP contribution in [0.5, 0.6) is 5.75 Å². The van der Waals surface area contributed by atoms with Gasteiger partial charge in [-0.05, 0) is 35.4 Å². The molecule has 0 amide bonds. The average Bonchev–Trinajstić information content (AvgIpc) is 2.70. The van der Waals surface area contributed by atoms with Crippen LogP contribution in [0.4, 0.5) is 5.69 Å². The molecular weight excluding hydrogens is 373 g/mol. The first-order valence-electron chi connectivity index (χ1n) is 8.52. The highest BCUT2D eigenvalue weighted by atomic mass is 32.2. The summed E-state index contributed by atoms with van der Waals surface area (Å²) in [7, 11) is -2.97. The summed E-state index contributed by atoms with van der Waals surface area (Å²) in [4.78, 5) is 1.93. The smallest absolute Gasteiger partial charge is 0.215 e. The highest BCUT2D eigenvalue weighted by Crippen LogP contribution is 2.60. The Labute approximate surface area is 162 Å². The molecule has 0 atom stereocenters. The molecule has 1 heterocycles. The molecule has 2 N–H and O–H groups in total. The van der Waals surface area contributed by atoms with Crippen LogP contribution in [0.1, 0.15) is 11.1 Å². The third kappa shape index (κ3) is 4.19. The van der Waals surface area contributed by atoms with Crippen LogP contribution in [-0.2, 0) is 4.57 Å². The number of rotatable bonds is 4. The van der Waals surface area contributed by atoms with Gasteiger partial charge < -0.3 is 10.2 Å². The molecule has 0 fully saturated rings. The van der Waals surface area contributed by atoms with Crippen molar-refractivity contribution in [3.8, 4) is 5.75 Å². The largest absolute Gasteiger partial charge is 0.508 e. The number of hydrogen-bond acceptors (Lipinski definition) is 3. The molecule has 1 aliphatic rings. The van der Waals surface area contributed by atoms with Crippen LogP contribution in [0.3, 0.4) is 0 Å². The van der Waals surface area contributed by atoms with Gasteiger partial charge in [-0.3, -0.25) is 4.57 Å². The van der Waals surface area contributed by atoms with Crippen LogP contribution in [0.2, 0.25) is 0 Å². The highest BCUT2D eigenvalue weighted by Gasteiger charge is 2.26. The summed E-state index contributed by atoms with van der Waals surface area (Å²) in [5, 5.41) is 12.6. The predicted octanol–water partition coefficient (Wildman–Crippen LogP) is 6.83. The van der Waals surface area contributed by atoms with Crippen LogP contribution >= 0.6 is 19.1 Å². The van der Waals surface area contributed by atoms with E-state index >= 15 is 0 Å². The maximum Gasteiger partial charge on any atom is 0.215 e. The second-order valence-corrected chi connectivity index (χ2v) is 9.43. The van der Waals surface area contributed by atoms with Crippen molar-refractivity contribution >= 4 is 34.6 Å². The Morgan fingerprint density at radius 3 is 1.67 bits per heavy atom. The zero-order chi connectivity index (χ0) is 18.7. The van der Waals surface area contributed by atoms with Crippen molar-refractivity contribution in [3.05, 3.63) is 108 Å². The van der Waals surface area contributed by atoms with Crippen molar-refractivity contribution in [2.75, 3.05) is 5.09 Å². The van der Waals surface area contributed by atoms with E-state index < -0.39 is 7.29 Å². The van der Waals surface area contributed by atoms with Crippen molar-refractivity contribution in [2.45, 2.75) is 0 Å². The maximum atomic E-state index is 13.7. The van der Waals surface area contributed by atoms with Gasteiger partial charge in [-0.2, -0.15) is 0 Å². The zero-order valence-electron chi connectivity index (χ0n) is 14.4. The third-order valence-corrected chi connectivity index (χ3v) is 7.51. The van der Waals surface area contributed by atoms with Gasteiger partial charge in [0.15, 0.2) is 0 Å². The Morgan fingerprint density at radius 1 is 0.704 bits per heavy atom. The Kier molecular flexibility index (Phi) is 4.93. The molecule has 0 aliphatic carbocycles. The lowest BCUT2D eigenvalue weighted by atomic mass is 10.2. The predicted molar refractivity (Wildman–Crippen MR) is 116 cm³/mol. The zero-order valence-corrected chi connectivity index (χ0v) is 16.2. The lowest BCUT2D eigenvalue weighted by molar-refractivity contribution is 0.475. The fourth-order valence-corrected chi connectivity index (χ4v) is 6.69. The Bertz CT molecular complexity index is 985. The summed E-state index contributed by atoms with van der Waals surface area (Å²) in [6.45, 7) is 0. The van der Waals surface area contributed by atoms with Gasteiger partial charge in [0.05, 0.1) is 0 Å². The third-order valence-electron chi connectivity index (χ3n) is 4.13. The van der Waals surface area contributed by atoms with E-state index in [0.29, 0.717) is 5.69 Å². The van der Waals surface area contributed by atoms with Gasteiger partial charge in [-0.25, -0.2) is 0 Å². The molecule has 1 aliphatic heterocycles. The fourth-order valence-electron chi connectivity index (χ4n) is 2.83. The molecule has 0 radical (unpaired) electrons. The van der Waals surface area contributed by atoms with Gasteiger partial charge >= 0.3 is 0 Å². The number of nitrogens with one attached hydrogen (secondary N) is 1. The standard InChI is InChI=1S/C22H18NO2PS/c24-20-13-11-19(12-14-20)23-26(25)15-21(17-7-3-1-4-8-17)27-22(16-26)18-9-5-2-6-10-18/h1-16,24H,(H,23,25). The lowest BCUT2D eigenvalue weighted by Crippen LogP contribution is -1.97. The normalized spacial score (nSPS) is 15.6. The number of phenolic OH excluding ortho intramolecular Hbond substituents is 1. The van der Waals surface area contributed by atoms with E-state index in [0.717, 1.165) is 20.9 Å². The second-order valence-electron chi connectivity index (χ2n) is 6.19. The molecule has 27 heavy (non-hydrogen) atoms. The molecule has 0 bridgehead atoms. The number of anilines is 1. The van der Waals surface area contributed by atoms with Gasteiger partial charge in [-0.1, -0.05) is 72.4 Å². The van der Waals surface area contributed by atoms with Crippen molar-refractivity contribution in [1.82, 2.24) is 0 Å². The molecule has 0 saturated carbocycles. The van der Waals surface area contributed by atoms with Gasteiger partial charge in [-0.15, -0.1) is 0 Å². The summed E-state index contributed by atoms with van der Waals surface area (Å²) in [5.41, 5.74) is 2.78. The molecule has 3 aromatic rings. The van der Waals surface area contributed by atoms with Crippen LogP contribution < -0.4 is 5.09 Å². The van der Waals surface area contributed by atoms with Crippen molar-refractivity contribution in [1.29, 1.82) is 0 Å². The quantitative estimate of drug-likeness (QED) is 0.378. The Balaban J connectivity index is 1.76. The van der Waals surface area contributed by atoms with E-state index in [1.54, 1.807) is 36.0 Å². The summed E-state index contributed by atoms with van der Waals surface area (Å²) < 4.78 is 13.7. The van der Waals surface area contributed by atoms with E-state index in [9.17, 15) is 9.67 Å². The molecule has 3 nitrogen and oxygen atoms in total. The first kappa shape index (κ1) is 17.7. The van der Waals surface area contributed by atoms with E-state index in [1.807, 2.05) is 72.3 Å². The second kappa shape index (κ2) is 7.51. The molecule has 0 aromatic heterocycles. The molecule has 134 valence electrons. The van der Waals surface area contributed by atoms with E-state index in [4.69, 9.17) is 0 Å². The SMILES string of the molecule is O=P1(Nc2ccc(O)cc2)C=C(c2ccccc2)SC(c2ccccc2)=C1. The molecule has 0 saturated heterocycles. The first-order chi connectivity index (χ1) is 13.1. The van der Waals surface area contributed by atoms with E-state index in [1.165, 1.54) is 0 Å². The average molecular weight is 391 g/mol. The maximum absolute atomic E-state index is 13.7. The van der Waals surface area contributed by atoms with Crippen LogP contribution in [0, 0.1) is 0 Å². The van der Waals surface area contributed by atoms with Gasteiger partial charge in [0.2, 0.25) is 7.29 Å². The van der Waals surface area contributed by atoms with E-state index in [2.05, 4.69) is 5.09 Å². The molecule has 0 unspecified atom stereocenters. The Morgan fingerprint density at radius 2 is 1.19 bits per heavy atom. The summed E-state index contributed by atoms with van der Waals surface area (Å²) >= 11 is 1.62. The minimum atomic E-state index is -2.97. The van der Waals surface area contributed by atoms with Gasteiger partial charge in [0.1, 0.15) is 5.75 Å². The number of hydrogen-bond donors (Lipinski definition) is 2. The van der Waals surface area contributed by atoms with Crippen molar-refractivity contribution in [2.24, 2.45) is 0 Å². The lowest BCUT2D eigenvalue weighted by Gasteiger charge is -2.23. The summed E-state index contributed by atoms with van der Waals surface area (Å²) in [6, 6.07) is 26.6. The van der Waals surface area contributed by atoms with Gasteiger partial charge in [0, 0.05) is 27.1 Å². The number of phenols is 1. The summed E-state index contributed by atoms with van der Waals surface area (Å²) in [6.07, 6.45) is 0. The molecular formula is C22H18NO2PS. The number of aromatic hydroxyl groups is 1. The first-order valence-corrected chi connectivity index (χ1v) is 11.2. The topological polar surface area (TPSA) is 49.3 Å². The molecule has 4 rings (SSSR count). The van der Waals surface area contributed by atoms with Crippen molar-refractivity contribution < 1.29 is 9.67 Å². The van der Waals surface area contributed by atoms with Crippen molar-refractivity contribution in [3.63, 3.8) is 0 Å². The molecule has 5 heteroatoms. The van der Waals surface area contributed by atoms with Crippen LogP contribution in [-0.4, -0.2) is 5.11 Å². The minimum absolute atomic E-state index is 0.180. The number of benzene rings is 3. The molecule has 3 aromatic carbocycles. The number of thioether (sulfide) groups is 1. The summed E-state index contributed by atoms with van der Waals surface area (Å²) in [5.74, 6) is 3.83. The van der Waals surface area contributed by atoms with Crippen LogP contribution in [0.25, 0.3) is 9.81 Å². The molecule has 0 spiro atoms. The van der Waals surface area contributed by atoms with Gasteiger partial charge in [0.25, 0.3) is 0 Å². The van der Waals surface area contributed by atoms with Crippen LogP contribution in [0.15, 0.2) is 96.6 Å². The fraction of sp³-hybridized carbons (Fsp3) is 0.